The average Bonchev–Trinajstić information content (AvgIpc) is 1.64. The van der Waals surface area contributed by atoms with Crippen LogP contribution < -0.4 is 0 Å². The normalized spacial score (nSPS) is 13.7. The van der Waals surface area contributed by atoms with Crippen molar-refractivity contribution in [2.75, 3.05) is 0 Å². The van der Waals surface area contributed by atoms with E-state index in [0.29, 0.717) is 9.20 Å². The lowest BCUT2D eigenvalue weighted by Crippen LogP contribution is -2.45. The maximum absolute atomic E-state index is 2.94. The molecule has 0 aliphatic rings. The number of hydrogen-bond donors (Lipinski definition) is 0. The molecule has 0 amide bonds. The monoisotopic (exact) mass is 193 g/mol. The lowest BCUT2D eigenvalue weighted by molar-refractivity contribution is 1.05. The van der Waals surface area contributed by atoms with Gasteiger partial charge in [0.1, 0.15) is 0 Å². The summed E-state index contributed by atoms with van der Waals surface area (Å²) < 4.78 is 2.94. The van der Waals surface area contributed by atoms with Gasteiger partial charge in [0.05, 0.1) is 27.1 Å². The molecule has 0 saturated heterocycles. The Bertz CT molecular complexity index is 67.0. The highest BCUT2D eigenvalue weighted by atomic mass is 29.1. The number of nitrogens with zero attached hydrogens (tertiary/aromatic N) is 1. The van der Waals surface area contributed by atoms with Crippen molar-refractivity contribution >= 4 is 36.9 Å². The maximum Gasteiger partial charge on any atom is 0.0909 e. The molecule has 0 N–H and O–H groups in total. The summed E-state index contributed by atoms with van der Waals surface area (Å²) in [6.07, 6.45) is 0. The first-order valence-electron chi connectivity index (χ1n) is 3.85. The Kier molecular flexibility index (Phi) is 5.04. The predicted octanol–water partition coefficient (Wildman–Crippen LogP) is -1.38. The van der Waals surface area contributed by atoms with Gasteiger partial charge in [0.25, 0.3) is 0 Å². The van der Waals surface area contributed by atoms with Crippen LogP contribution in [0.5, 0.6) is 0 Å². The van der Waals surface area contributed by atoms with Crippen LogP contribution in [0.15, 0.2) is 0 Å². The summed E-state index contributed by atoms with van der Waals surface area (Å²) in [4.78, 5) is 0. The summed E-state index contributed by atoms with van der Waals surface area (Å²) in [5.74, 6) is 0. The first kappa shape index (κ1) is 9.83. The van der Waals surface area contributed by atoms with E-state index in [4.69, 9.17) is 0 Å². The Morgan fingerprint density at radius 2 is 1.44 bits per heavy atom. The molecule has 0 atom stereocenters. The molecule has 0 aliphatic carbocycles. The zero-order valence-corrected chi connectivity index (χ0v) is 13.0. The van der Waals surface area contributed by atoms with Crippen molar-refractivity contribution in [1.82, 2.24) is 3.90 Å². The van der Waals surface area contributed by atoms with Crippen LogP contribution in [0.4, 0.5) is 0 Å². The van der Waals surface area contributed by atoms with E-state index in [1.54, 1.807) is 0 Å². The standard InChI is InChI=1S/C4H19NSi4/c1-8(2)5(7-6)9(3)4/h8-9H,7H2,1-4,6H3. The summed E-state index contributed by atoms with van der Waals surface area (Å²) in [5, 5.41) is 0. The minimum atomic E-state index is -0.352. The first-order valence-corrected chi connectivity index (χ1v) is 15.8. The van der Waals surface area contributed by atoms with E-state index in [-0.39, 0.29) is 17.9 Å². The average molecular weight is 194 g/mol. The molecular weight excluding hydrogens is 174 g/mol. The molecule has 0 fully saturated rings. The van der Waals surface area contributed by atoms with Crippen molar-refractivity contribution < 1.29 is 0 Å². The molecule has 1 nitrogen and oxygen atoms in total. The highest BCUT2D eigenvalue weighted by Crippen LogP contribution is 1.94. The SMILES string of the molecule is C[SiH](C)N([SiH2][SiH3])[SiH](C)C. The second kappa shape index (κ2) is 4.61. The Morgan fingerprint density at radius 3 is 1.44 bits per heavy atom. The quantitative estimate of drug-likeness (QED) is 0.500. The first-order chi connectivity index (χ1) is 4.09. The molecule has 0 radical (unpaired) electrons. The molecular formula is C4H19NSi4. The van der Waals surface area contributed by atoms with Gasteiger partial charge in [-0.2, -0.15) is 0 Å². The van der Waals surface area contributed by atoms with Crippen LogP contribution in [0.25, 0.3) is 0 Å². The Balaban J connectivity index is 3.68. The van der Waals surface area contributed by atoms with Gasteiger partial charge >= 0.3 is 0 Å². The van der Waals surface area contributed by atoms with Gasteiger partial charge in [-0.3, -0.25) is 0 Å². The van der Waals surface area contributed by atoms with Gasteiger partial charge in [0, 0.05) is 9.76 Å². The molecule has 0 rings (SSSR count). The lowest BCUT2D eigenvalue weighted by atomic mass is 11.9. The van der Waals surface area contributed by atoms with Crippen LogP contribution in [-0.2, 0) is 0 Å². The largest absolute Gasteiger partial charge is 0.381 e. The van der Waals surface area contributed by atoms with Crippen molar-refractivity contribution in [3.05, 3.63) is 0 Å². The molecule has 0 bridgehead atoms. The summed E-state index contributed by atoms with van der Waals surface area (Å²) in [7, 11) is 1.13. The van der Waals surface area contributed by atoms with Crippen molar-refractivity contribution in [3.8, 4) is 0 Å². The van der Waals surface area contributed by atoms with Crippen LogP contribution in [0.1, 0.15) is 0 Å². The third-order valence-electron chi connectivity index (χ3n) is 1.69. The minimum Gasteiger partial charge on any atom is -0.381 e. The van der Waals surface area contributed by atoms with Gasteiger partial charge in [0.2, 0.25) is 0 Å². The van der Waals surface area contributed by atoms with Crippen molar-refractivity contribution in [1.29, 1.82) is 0 Å². The Labute approximate surface area is 67.3 Å². The van der Waals surface area contributed by atoms with Crippen LogP contribution >= 0.6 is 0 Å². The van der Waals surface area contributed by atoms with Gasteiger partial charge in [-0.1, -0.05) is 26.2 Å². The molecule has 0 aromatic rings. The van der Waals surface area contributed by atoms with E-state index in [2.05, 4.69) is 30.1 Å². The van der Waals surface area contributed by atoms with Gasteiger partial charge in [-0.15, -0.1) is 0 Å². The van der Waals surface area contributed by atoms with Crippen molar-refractivity contribution in [2.45, 2.75) is 26.2 Å². The fourth-order valence-corrected chi connectivity index (χ4v) is 25.1. The second-order valence-corrected chi connectivity index (χ2v) is 14.0. The van der Waals surface area contributed by atoms with E-state index in [9.17, 15) is 0 Å². The molecule has 56 valence electrons. The van der Waals surface area contributed by atoms with Crippen molar-refractivity contribution in [2.24, 2.45) is 0 Å². The van der Waals surface area contributed by atoms with Crippen LogP contribution in [0, 0.1) is 0 Å². The molecule has 0 aromatic carbocycles. The topological polar surface area (TPSA) is 3.24 Å². The summed E-state index contributed by atoms with van der Waals surface area (Å²) in [6.45, 7) is 9.88. The van der Waals surface area contributed by atoms with Gasteiger partial charge < -0.3 is 3.90 Å². The van der Waals surface area contributed by atoms with Crippen LogP contribution in [-0.4, -0.2) is 40.8 Å². The molecule has 0 spiro atoms. The molecule has 0 heterocycles. The van der Waals surface area contributed by atoms with Crippen LogP contribution in [0.3, 0.4) is 0 Å². The molecule has 0 aliphatic heterocycles. The fourth-order valence-electron chi connectivity index (χ4n) is 1.33. The highest BCUT2D eigenvalue weighted by molar-refractivity contribution is 6.98. The second-order valence-electron chi connectivity index (χ2n) is 3.02. The third kappa shape index (κ3) is 3.51. The molecule has 5 heteroatoms. The Morgan fingerprint density at radius 1 is 1.11 bits per heavy atom. The smallest absolute Gasteiger partial charge is 0.0909 e. The summed E-state index contributed by atoms with van der Waals surface area (Å²) in [5.41, 5.74) is 0. The van der Waals surface area contributed by atoms with Crippen molar-refractivity contribution in [3.63, 3.8) is 0 Å². The minimum absolute atomic E-state index is 0.329. The number of rotatable bonds is 3. The highest BCUT2D eigenvalue weighted by Gasteiger charge is 2.11. The maximum atomic E-state index is 2.94. The molecule has 0 saturated carbocycles. The molecule has 9 heavy (non-hydrogen) atoms. The van der Waals surface area contributed by atoms with E-state index in [1.807, 2.05) is 0 Å². The van der Waals surface area contributed by atoms with Gasteiger partial charge in [-0.25, -0.2) is 0 Å². The van der Waals surface area contributed by atoms with E-state index < -0.39 is 0 Å². The molecule has 0 aromatic heterocycles. The lowest BCUT2D eigenvalue weighted by Gasteiger charge is -2.27. The van der Waals surface area contributed by atoms with E-state index >= 15 is 0 Å². The zero-order chi connectivity index (χ0) is 7.44. The predicted molar refractivity (Wildman–Crippen MR) is 58.1 cm³/mol. The Hall–Kier alpha value is 0.828. The fraction of sp³-hybridized carbons (Fsp3) is 1.00. The van der Waals surface area contributed by atoms with Gasteiger partial charge in [-0.05, 0) is 0 Å². The van der Waals surface area contributed by atoms with E-state index in [0.717, 1.165) is 0 Å². The van der Waals surface area contributed by atoms with E-state index in [1.165, 1.54) is 9.76 Å². The summed E-state index contributed by atoms with van der Waals surface area (Å²) >= 11 is 0. The number of hydrogen-bond acceptors (Lipinski definition) is 1. The zero-order valence-electron chi connectivity index (χ0n) is 7.31. The van der Waals surface area contributed by atoms with Crippen LogP contribution in [0.2, 0.25) is 26.2 Å². The summed E-state index contributed by atoms with van der Waals surface area (Å²) in [6, 6.07) is 0. The molecule has 0 unspecified atom stereocenters. The van der Waals surface area contributed by atoms with Gasteiger partial charge in [0.15, 0.2) is 0 Å². The third-order valence-corrected chi connectivity index (χ3v) is 21.8.